The average Bonchev–Trinajstić information content (AvgIpc) is 2.10. The first-order valence-electron chi connectivity index (χ1n) is 2.31. The van der Waals surface area contributed by atoms with Gasteiger partial charge in [-0.1, -0.05) is 34.4 Å². The first-order valence-corrected chi connectivity index (χ1v) is 4.72. The van der Waals surface area contributed by atoms with Gasteiger partial charge in [0.15, 0.2) is 0 Å². The molecule has 5 heteroatoms. The molecular formula is C4H4INO2S. The van der Waals surface area contributed by atoms with E-state index >= 15 is 0 Å². The van der Waals surface area contributed by atoms with Gasteiger partial charge < -0.3 is 0 Å². The van der Waals surface area contributed by atoms with Gasteiger partial charge in [0.2, 0.25) is 5.91 Å². The van der Waals surface area contributed by atoms with Crippen LogP contribution in [0.3, 0.4) is 0 Å². The van der Waals surface area contributed by atoms with Crippen molar-refractivity contribution < 1.29 is 9.59 Å². The predicted molar refractivity (Wildman–Crippen MR) is 43.8 cm³/mol. The van der Waals surface area contributed by atoms with E-state index in [-0.39, 0.29) is 16.4 Å². The van der Waals surface area contributed by atoms with Crippen LogP contribution in [0.4, 0.5) is 4.79 Å². The normalized spacial score (nSPS) is 26.6. The lowest BCUT2D eigenvalue weighted by Gasteiger charge is -1.93. The van der Waals surface area contributed by atoms with Gasteiger partial charge in [-0.3, -0.25) is 14.9 Å². The summed E-state index contributed by atoms with van der Waals surface area (Å²) >= 11 is 3.15. The van der Waals surface area contributed by atoms with Crippen molar-refractivity contribution in [2.75, 3.05) is 4.43 Å². The van der Waals surface area contributed by atoms with Crippen LogP contribution < -0.4 is 5.32 Å². The Kier molecular flexibility index (Phi) is 2.34. The van der Waals surface area contributed by atoms with Gasteiger partial charge in [-0.15, -0.1) is 0 Å². The van der Waals surface area contributed by atoms with Crippen molar-refractivity contribution in [1.82, 2.24) is 5.32 Å². The Morgan fingerprint density at radius 1 is 1.67 bits per heavy atom. The molecule has 50 valence electrons. The minimum absolute atomic E-state index is 0.153. The van der Waals surface area contributed by atoms with Gasteiger partial charge in [0.05, 0.1) is 0 Å². The van der Waals surface area contributed by atoms with E-state index in [1.807, 2.05) is 0 Å². The standard InChI is InChI=1S/C4H4INO2S/c5-1-2-3(7)6-4(8)9-2/h2H,1H2,(H,6,7,8). The fourth-order valence-corrected chi connectivity index (χ4v) is 2.08. The van der Waals surface area contributed by atoms with Gasteiger partial charge in [-0.2, -0.15) is 0 Å². The summed E-state index contributed by atoms with van der Waals surface area (Å²) in [5.41, 5.74) is 0. The first kappa shape index (κ1) is 7.33. The summed E-state index contributed by atoms with van der Waals surface area (Å²) in [4.78, 5) is 21.1. The minimum atomic E-state index is -0.221. The zero-order valence-electron chi connectivity index (χ0n) is 4.39. The van der Waals surface area contributed by atoms with Crippen LogP contribution in [0.1, 0.15) is 0 Å². The molecule has 1 rings (SSSR count). The molecule has 0 aromatic heterocycles. The highest BCUT2D eigenvalue weighted by molar-refractivity contribution is 14.1. The molecule has 1 N–H and O–H groups in total. The molecule has 1 aliphatic rings. The molecule has 1 atom stereocenters. The Hall–Kier alpha value is 0.220. The Bertz CT molecular complexity index is 161. The number of halogens is 1. The molecule has 3 nitrogen and oxygen atoms in total. The van der Waals surface area contributed by atoms with Crippen molar-refractivity contribution in [3.05, 3.63) is 0 Å². The summed E-state index contributed by atoms with van der Waals surface area (Å²) < 4.78 is 0.694. The molecule has 0 spiro atoms. The Balaban J connectivity index is 2.58. The molecule has 0 aromatic carbocycles. The van der Waals surface area contributed by atoms with E-state index in [0.717, 1.165) is 11.8 Å². The Morgan fingerprint density at radius 3 is 2.56 bits per heavy atom. The van der Waals surface area contributed by atoms with E-state index in [9.17, 15) is 9.59 Å². The van der Waals surface area contributed by atoms with Crippen LogP contribution in [0.25, 0.3) is 0 Å². The van der Waals surface area contributed by atoms with Gasteiger partial charge in [-0.25, -0.2) is 0 Å². The molecule has 1 fully saturated rings. The van der Waals surface area contributed by atoms with Crippen molar-refractivity contribution in [3.8, 4) is 0 Å². The second kappa shape index (κ2) is 2.87. The largest absolute Gasteiger partial charge is 0.286 e. The third-order valence-corrected chi connectivity index (χ3v) is 3.37. The van der Waals surface area contributed by atoms with Crippen LogP contribution in [0.2, 0.25) is 0 Å². The summed E-state index contributed by atoms with van der Waals surface area (Å²) in [5.74, 6) is -0.153. The predicted octanol–water partition coefficient (Wildman–Crippen LogP) is 0.773. The van der Waals surface area contributed by atoms with Crippen molar-refractivity contribution in [2.24, 2.45) is 0 Å². The summed E-state index contributed by atoms with van der Waals surface area (Å²) in [6.45, 7) is 0. The topological polar surface area (TPSA) is 46.2 Å². The van der Waals surface area contributed by atoms with Gasteiger partial charge in [0.1, 0.15) is 5.25 Å². The third-order valence-electron chi connectivity index (χ3n) is 0.907. The number of carbonyl (C=O) groups excluding carboxylic acids is 2. The van der Waals surface area contributed by atoms with E-state index in [4.69, 9.17) is 0 Å². The van der Waals surface area contributed by atoms with E-state index in [1.54, 1.807) is 0 Å². The fraction of sp³-hybridized carbons (Fsp3) is 0.500. The number of imide groups is 1. The maximum Gasteiger partial charge on any atom is 0.286 e. The van der Waals surface area contributed by atoms with Crippen LogP contribution in [0, 0.1) is 0 Å². The number of thioether (sulfide) groups is 1. The maximum atomic E-state index is 10.7. The molecule has 1 heterocycles. The van der Waals surface area contributed by atoms with Crippen LogP contribution >= 0.6 is 34.4 Å². The van der Waals surface area contributed by atoms with Crippen LogP contribution in [-0.4, -0.2) is 20.8 Å². The summed E-state index contributed by atoms with van der Waals surface area (Å²) in [5, 5.41) is 1.82. The van der Waals surface area contributed by atoms with E-state index in [0.29, 0.717) is 4.43 Å². The number of rotatable bonds is 1. The van der Waals surface area contributed by atoms with Crippen LogP contribution in [-0.2, 0) is 4.79 Å². The molecule has 0 saturated carbocycles. The summed E-state index contributed by atoms with van der Waals surface area (Å²) in [6, 6.07) is 0. The van der Waals surface area contributed by atoms with Gasteiger partial charge in [0, 0.05) is 4.43 Å². The van der Waals surface area contributed by atoms with E-state index in [2.05, 4.69) is 27.9 Å². The molecule has 0 bridgehead atoms. The molecule has 1 unspecified atom stereocenters. The lowest BCUT2D eigenvalue weighted by atomic mass is 10.4. The number of amides is 2. The molecule has 9 heavy (non-hydrogen) atoms. The second-order valence-corrected chi connectivity index (χ2v) is 3.59. The van der Waals surface area contributed by atoms with Crippen molar-refractivity contribution in [2.45, 2.75) is 5.25 Å². The number of carbonyl (C=O) groups is 2. The van der Waals surface area contributed by atoms with Crippen LogP contribution in [0.15, 0.2) is 0 Å². The second-order valence-electron chi connectivity index (χ2n) is 1.54. The van der Waals surface area contributed by atoms with E-state index in [1.165, 1.54) is 0 Å². The van der Waals surface area contributed by atoms with Crippen molar-refractivity contribution in [3.63, 3.8) is 0 Å². The third kappa shape index (κ3) is 1.57. The van der Waals surface area contributed by atoms with E-state index < -0.39 is 0 Å². The quantitative estimate of drug-likeness (QED) is 0.557. The number of hydrogen-bond acceptors (Lipinski definition) is 3. The molecule has 0 aliphatic carbocycles. The zero-order chi connectivity index (χ0) is 6.85. The monoisotopic (exact) mass is 257 g/mol. The lowest BCUT2D eigenvalue weighted by Crippen LogP contribution is -2.24. The zero-order valence-corrected chi connectivity index (χ0v) is 7.36. The number of hydrogen-bond donors (Lipinski definition) is 1. The molecule has 0 aromatic rings. The molecule has 1 saturated heterocycles. The fourth-order valence-electron chi connectivity index (χ4n) is 0.495. The summed E-state index contributed by atoms with van der Waals surface area (Å²) in [6.07, 6.45) is 0. The highest BCUT2D eigenvalue weighted by Crippen LogP contribution is 2.20. The lowest BCUT2D eigenvalue weighted by molar-refractivity contribution is -0.118. The summed E-state index contributed by atoms with van der Waals surface area (Å²) in [7, 11) is 0. The van der Waals surface area contributed by atoms with Gasteiger partial charge >= 0.3 is 0 Å². The average molecular weight is 257 g/mol. The Morgan fingerprint density at radius 2 is 2.33 bits per heavy atom. The van der Waals surface area contributed by atoms with Gasteiger partial charge in [0.25, 0.3) is 5.24 Å². The van der Waals surface area contributed by atoms with Crippen molar-refractivity contribution >= 4 is 45.5 Å². The molecular weight excluding hydrogens is 253 g/mol. The molecule has 1 aliphatic heterocycles. The maximum absolute atomic E-state index is 10.7. The number of nitrogens with one attached hydrogen (secondary N) is 1. The number of alkyl halides is 1. The Labute approximate surface area is 70.1 Å². The van der Waals surface area contributed by atoms with Gasteiger partial charge in [-0.05, 0) is 0 Å². The smallest absolute Gasteiger partial charge is 0.286 e. The highest BCUT2D eigenvalue weighted by atomic mass is 127. The molecule has 0 radical (unpaired) electrons. The first-order chi connectivity index (χ1) is 4.24. The molecule has 2 amide bonds. The highest BCUT2D eigenvalue weighted by Gasteiger charge is 2.29. The minimum Gasteiger partial charge on any atom is -0.286 e. The van der Waals surface area contributed by atoms with Crippen molar-refractivity contribution in [1.29, 1.82) is 0 Å². The SMILES string of the molecule is O=C1NC(=O)C(CI)S1. The van der Waals surface area contributed by atoms with Crippen LogP contribution in [0.5, 0.6) is 0 Å².